The molecule has 0 fully saturated rings. The minimum Gasteiger partial charge on any atom is -0.396 e. The van der Waals surface area contributed by atoms with Gasteiger partial charge in [0.1, 0.15) is 0 Å². The fraction of sp³-hybridized carbons (Fsp3) is 0.615. The van der Waals surface area contributed by atoms with Crippen LogP contribution < -0.4 is 5.32 Å². The molecule has 1 rings (SSSR count). The van der Waals surface area contributed by atoms with E-state index in [-0.39, 0.29) is 18.1 Å². The summed E-state index contributed by atoms with van der Waals surface area (Å²) >= 11 is 1.53. The van der Waals surface area contributed by atoms with Crippen LogP contribution in [-0.4, -0.2) is 23.2 Å². The van der Waals surface area contributed by atoms with Gasteiger partial charge in [-0.2, -0.15) is 0 Å². The van der Waals surface area contributed by atoms with Crippen LogP contribution in [0.15, 0.2) is 6.07 Å². The standard InChI is InChI=1S/C13H21NO2S/c1-5-10-8-11(17-9(10)2)12(16)14-13(3,4)6-7-15/h8,15H,5-7H2,1-4H3,(H,14,16). The molecule has 0 saturated heterocycles. The van der Waals surface area contributed by atoms with Gasteiger partial charge >= 0.3 is 0 Å². The first-order valence-electron chi connectivity index (χ1n) is 5.92. The lowest BCUT2D eigenvalue weighted by Crippen LogP contribution is -2.43. The summed E-state index contributed by atoms with van der Waals surface area (Å²) < 4.78 is 0. The van der Waals surface area contributed by atoms with Crippen molar-refractivity contribution in [1.82, 2.24) is 5.32 Å². The minimum absolute atomic E-state index is 0.0451. The zero-order chi connectivity index (χ0) is 13.1. The Bertz CT molecular complexity index is 396. The maximum absolute atomic E-state index is 12.0. The van der Waals surface area contributed by atoms with Gasteiger partial charge in [-0.05, 0) is 45.2 Å². The lowest BCUT2D eigenvalue weighted by atomic mass is 10.0. The number of amides is 1. The molecule has 0 unspecified atom stereocenters. The monoisotopic (exact) mass is 255 g/mol. The molecule has 3 nitrogen and oxygen atoms in total. The van der Waals surface area contributed by atoms with E-state index in [1.54, 1.807) is 0 Å². The Morgan fingerprint density at radius 1 is 1.53 bits per heavy atom. The van der Waals surface area contributed by atoms with Crippen molar-refractivity contribution in [1.29, 1.82) is 0 Å². The molecule has 0 aromatic carbocycles. The fourth-order valence-electron chi connectivity index (χ4n) is 1.69. The molecule has 0 saturated carbocycles. The number of aryl methyl sites for hydroxylation is 2. The summed E-state index contributed by atoms with van der Waals surface area (Å²) in [5.74, 6) is -0.0451. The number of thiophene rings is 1. The van der Waals surface area contributed by atoms with Crippen LogP contribution in [0, 0.1) is 6.92 Å². The largest absolute Gasteiger partial charge is 0.396 e. The molecular formula is C13H21NO2S. The number of rotatable bonds is 5. The van der Waals surface area contributed by atoms with Gasteiger partial charge in [-0.15, -0.1) is 11.3 Å². The molecule has 17 heavy (non-hydrogen) atoms. The normalized spacial score (nSPS) is 11.6. The average Bonchev–Trinajstić information content (AvgIpc) is 2.58. The van der Waals surface area contributed by atoms with Crippen molar-refractivity contribution in [3.05, 3.63) is 21.4 Å². The Morgan fingerprint density at radius 2 is 2.18 bits per heavy atom. The molecule has 1 amide bonds. The van der Waals surface area contributed by atoms with Crippen LogP contribution in [0.25, 0.3) is 0 Å². The van der Waals surface area contributed by atoms with E-state index in [0.29, 0.717) is 6.42 Å². The topological polar surface area (TPSA) is 49.3 Å². The second-order valence-electron chi connectivity index (χ2n) is 4.86. The number of nitrogens with one attached hydrogen (secondary N) is 1. The summed E-state index contributed by atoms with van der Waals surface area (Å²) in [4.78, 5) is 14.0. The second-order valence-corrected chi connectivity index (χ2v) is 6.11. The Morgan fingerprint density at radius 3 is 2.65 bits per heavy atom. The van der Waals surface area contributed by atoms with Gasteiger partial charge in [0.25, 0.3) is 5.91 Å². The van der Waals surface area contributed by atoms with Crippen molar-refractivity contribution in [2.45, 2.75) is 46.1 Å². The van der Waals surface area contributed by atoms with Crippen LogP contribution in [0.5, 0.6) is 0 Å². The first-order chi connectivity index (χ1) is 7.89. The molecule has 2 N–H and O–H groups in total. The van der Waals surface area contributed by atoms with E-state index in [9.17, 15) is 4.79 Å². The Balaban J connectivity index is 2.76. The summed E-state index contributed by atoms with van der Waals surface area (Å²) in [6, 6.07) is 1.96. The van der Waals surface area contributed by atoms with E-state index >= 15 is 0 Å². The Kier molecular flexibility index (Phi) is 4.71. The van der Waals surface area contributed by atoms with Crippen LogP contribution in [-0.2, 0) is 6.42 Å². The predicted molar refractivity (Wildman–Crippen MR) is 71.7 cm³/mol. The first-order valence-corrected chi connectivity index (χ1v) is 6.74. The van der Waals surface area contributed by atoms with E-state index < -0.39 is 0 Å². The highest BCUT2D eigenvalue weighted by atomic mass is 32.1. The van der Waals surface area contributed by atoms with E-state index in [1.165, 1.54) is 21.8 Å². The zero-order valence-corrected chi connectivity index (χ0v) is 11.8. The summed E-state index contributed by atoms with van der Waals surface area (Å²) in [7, 11) is 0. The minimum atomic E-state index is -0.365. The van der Waals surface area contributed by atoms with Gasteiger partial charge in [0.15, 0.2) is 0 Å². The summed E-state index contributed by atoms with van der Waals surface area (Å²) in [6.45, 7) is 8.05. The van der Waals surface area contributed by atoms with Crippen molar-refractivity contribution in [3.8, 4) is 0 Å². The molecule has 0 radical (unpaired) electrons. The highest BCUT2D eigenvalue weighted by Gasteiger charge is 2.21. The van der Waals surface area contributed by atoms with Crippen LogP contribution in [0.2, 0.25) is 0 Å². The van der Waals surface area contributed by atoms with E-state index in [1.807, 2.05) is 26.8 Å². The van der Waals surface area contributed by atoms with Crippen LogP contribution >= 0.6 is 11.3 Å². The highest BCUT2D eigenvalue weighted by molar-refractivity contribution is 7.14. The van der Waals surface area contributed by atoms with Crippen LogP contribution in [0.3, 0.4) is 0 Å². The van der Waals surface area contributed by atoms with Crippen molar-refractivity contribution in [2.24, 2.45) is 0 Å². The Hall–Kier alpha value is -0.870. The molecule has 0 atom stereocenters. The van der Waals surface area contributed by atoms with Gasteiger partial charge in [0.2, 0.25) is 0 Å². The maximum Gasteiger partial charge on any atom is 0.261 e. The van der Waals surface area contributed by atoms with Gasteiger partial charge in [0, 0.05) is 17.0 Å². The molecule has 0 bridgehead atoms. The highest BCUT2D eigenvalue weighted by Crippen LogP contribution is 2.22. The molecule has 1 aromatic heterocycles. The SMILES string of the molecule is CCc1cc(C(=O)NC(C)(C)CCO)sc1C. The number of carbonyl (C=O) groups is 1. The van der Waals surface area contributed by atoms with Gasteiger partial charge in [-0.3, -0.25) is 4.79 Å². The zero-order valence-electron chi connectivity index (χ0n) is 11.0. The molecule has 4 heteroatoms. The van der Waals surface area contributed by atoms with Crippen molar-refractivity contribution in [2.75, 3.05) is 6.61 Å². The maximum atomic E-state index is 12.0. The average molecular weight is 255 g/mol. The number of carbonyl (C=O) groups excluding carboxylic acids is 1. The fourth-order valence-corrected chi connectivity index (χ4v) is 2.70. The summed E-state index contributed by atoms with van der Waals surface area (Å²) in [6.07, 6.45) is 1.51. The first kappa shape index (κ1) is 14.2. The molecular weight excluding hydrogens is 234 g/mol. The van der Waals surface area contributed by atoms with Crippen LogP contribution in [0.1, 0.15) is 47.3 Å². The molecule has 0 aliphatic rings. The second kappa shape index (κ2) is 5.65. The predicted octanol–water partition coefficient (Wildman–Crippen LogP) is 2.51. The molecule has 0 aliphatic heterocycles. The molecule has 0 aliphatic carbocycles. The Labute approximate surface area is 107 Å². The van der Waals surface area contributed by atoms with E-state index in [0.717, 1.165) is 11.3 Å². The number of aliphatic hydroxyl groups is 1. The quantitative estimate of drug-likeness (QED) is 0.849. The molecule has 0 spiro atoms. The van der Waals surface area contributed by atoms with E-state index in [4.69, 9.17) is 5.11 Å². The summed E-state index contributed by atoms with van der Waals surface area (Å²) in [5, 5.41) is 11.9. The smallest absolute Gasteiger partial charge is 0.261 e. The molecule has 1 aromatic rings. The third-order valence-corrected chi connectivity index (χ3v) is 3.91. The third-order valence-electron chi connectivity index (χ3n) is 2.81. The van der Waals surface area contributed by atoms with Crippen molar-refractivity contribution in [3.63, 3.8) is 0 Å². The number of hydrogen-bond donors (Lipinski definition) is 2. The van der Waals surface area contributed by atoms with Gasteiger partial charge in [-0.1, -0.05) is 6.92 Å². The third kappa shape index (κ3) is 3.82. The molecule has 96 valence electrons. The van der Waals surface area contributed by atoms with Gasteiger partial charge in [0.05, 0.1) is 4.88 Å². The van der Waals surface area contributed by atoms with Crippen molar-refractivity contribution >= 4 is 17.2 Å². The van der Waals surface area contributed by atoms with Crippen molar-refractivity contribution < 1.29 is 9.90 Å². The van der Waals surface area contributed by atoms with Gasteiger partial charge in [-0.25, -0.2) is 0 Å². The van der Waals surface area contributed by atoms with Gasteiger partial charge < -0.3 is 10.4 Å². The number of aliphatic hydroxyl groups excluding tert-OH is 1. The van der Waals surface area contributed by atoms with Crippen LogP contribution in [0.4, 0.5) is 0 Å². The lowest BCUT2D eigenvalue weighted by molar-refractivity contribution is 0.0903. The lowest BCUT2D eigenvalue weighted by Gasteiger charge is -2.24. The molecule has 1 heterocycles. The number of hydrogen-bond acceptors (Lipinski definition) is 3. The van der Waals surface area contributed by atoms with E-state index in [2.05, 4.69) is 12.2 Å². The summed E-state index contributed by atoms with van der Waals surface area (Å²) in [5.41, 5.74) is 0.871.